The average molecular weight is 566 g/mol. The number of hydrogen-bond donors (Lipinski definition) is 0. The minimum atomic E-state index is 0. The van der Waals surface area contributed by atoms with Crippen LogP contribution in [0.5, 0.6) is 0 Å². The molecular weight excluding hydrogens is 566 g/mol. The Morgan fingerprint density at radius 1 is 0.231 bits per heavy atom. The Hall–Kier alpha value is 2.76. The van der Waals surface area contributed by atoms with Gasteiger partial charge in [0.25, 0.3) is 0 Å². The standard InChI is InChI=1S/2In.2Mo.9O/q2*+3;2*+6;9*-2. The van der Waals surface area contributed by atoms with Gasteiger partial charge >= 0.3 is 93.8 Å². The Morgan fingerprint density at radius 2 is 0.231 bits per heavy atom. The van der Waals surface area contributed by atoms with E-state index in [1.807, 2.05) is 0 Å². The average Bonchev–Trinajstić information content (AvgIpc) is 0. The van der Waals surface area contributed by atoms with Crippen molar-refractivity contribution in [3.8, 4) is 0 Å². The van der Waals surface area contributed by atoms with E-state index in [2.05, 4.69) is 0 Å². The molecule has 0 aromatic rings. The van der Waals surface area contributed by atoms with Crippen molar-refractivity contribution in [1.82, 2.24) is 0 Å². The maximum Gasteiger partial charge on any atom is 6.00 e. The molecule has 0 aliphatic heterocycles. The van der Waals surface area contributed by atoms with Crippen LogP contribution in [0.4, 0.5) is 0 Å². The smallest absolute Gasteiger partial charge is 2.00 e. The molecule has 0 radical (unpaired) electrons. The Kier molecular flexibility index (Phi) is 12800. The fraction of sp³-hybridized carbons (Fsp3) is 0. The van der Waals surface area contributed by atoms with Crippen molar-refractivity contribution < 1.29 is 91.4 Å². The Morgan fingerprint density at radius 3 is 0.231 bits per heavy atom. The van der Waals surface area contributed by atoms with Gasteiger partial charge in [0.1, 0.15) is 0 Å². The van der Waals surface area contributed by atoms with Gasteiger partial charge in [0.05, 0.1) is 0 Å². The zero-order valence-corrected chi connectivity index (χ0v) is 16.3. The van der Waals surface area contributed by atoms with E-state index in [1.54, 1.807) is 0 Å². The van der Waals surface area contributed by atoms with E-state index in [-0.39, 0.29) is 143 Å². The Balaban J connectivity index is 0. The first-order chi connectivity index (χ1) is 0. The third-order valence-electron chi connectivity index (χ3n) is 0. The van der Waals surface area contributed by atoms with Crippen LogP contribution in [0.3, 0.4) is 0 Å². The van der Waals surface area contributed by atoms with E-state index in [0.29, 0.717) is 0 Å². The summed E-state index contributed by atoms with van der Waals surface area (Å²) in [4.78, 5) is 0. The van der Waals surface area contributed by atoms with Gasteiger partial charge in [-0.15, -0.1) is 0 Å². The fourth-order valence-electron chi connectivity index (χ4n) is 0. The van der Waals surface area contributed by atoms with E-state index in [0.717, 1.165) is 0 Å². The van der Waals surface area contributed by atoms with Crippen LogP contribution in [0.25, 0.3) is 0 Å². The van der Waals surface area contributed by atoms with Gasteiger partial charge in [-0.1, -0.05) is 0 Å². The monoisotopic (exact) mass is 570 g/mol. The molecule has 9 nitrogen and oxygen atoms in total. The molecule has 0 fully saturated rings. The van der Waals surface area contributed by atoms with Crippen LogP contribution in [-0.4, -0.2) is 51.7 Å². The second-order valence-electron chi connectivity index (χ2n) is 0. The first-order valence-electron chi connectivity index (χ1n) is 0. The van der Waals surface area contributed by atoms with Crippen molar-refractivity contribution in [2.24, 2.45) is 0 Å². The van der Waals surface area contributed by atoms with Gasteiger partial charge in [-0.25, -0.2) is 0 Å². The van der Waals surface area contributed by atoms with Gasteiger partial charge in [0, 0.05) is 0 Å². The van der Waals surface area contributed by atoms with E-state index in [1.165, 1.54) is 0 Å². The molecular formula is In2Mo2O9. The van der Waals surface area contributed by atoms with E-state index in [4.69, 9.17) is 0 Å². The molecule has 0 saturated heterocycles. The topological polar surface area (TPSA) is 256 Å². The van der Waals surface area contributed by atoms with Crippen molar-refractivity contribution in [2.75, 3.05) is 0 Å². The predicted octanol–water partition coefficient (Wildman–Crippen LogP) is -1.84. The van der Waals surface area contributed by atoms with E-state index < -0.39 is 0 Å². The summed E-state index contributed by atoms with van der Waals surface area (Å²) in [6.45, 7) is 0. The molecule has 0 amide bonds. The van der Waals surface area contributed by atoms with Gasteiger partial charge in [0.15, 0.2) is 0 Å². The largest absolute Gasteiger partial charge is 6.00 e. The van der Waals surface area contributed by atoms with Gasteiger partial charge in [0.2, 0.25) is 0 Å². The summed E-state index contributed by atoms with van der Waals surface area (Å²) in [6, 6.07) is 0. The predicted molar refractivity (Wildman–Crippen MR) is 17.7 cm³/mol. The van der Waals surface area contributed by atoms with Crippen molar-refractivity contribution >= 4 is 51.7 Å². The van der Waals surface area contributed by atoms with Crippen LogP contribution < -0.4 is 0 Å². The molecule has 0 atom stereocenters. The Labute approximate surface area is 141 Å². The summed E-state index contributed by atoms with van der Waals surface area (Å²) < 4.78 is 0. The summed E-state index contributed by atoms with van der Waals surface area (Å²) in [5.41, 5.74) is 0. The van der Waals surface area contributed by atoms with Crippen molar-refractivity contribution in [2.45, 2.75) is 0 Å². The first-order valence-corrected chi connectivity index (χ1v) is 0. The molecule has 13 heavy (non-hydrogen) atoms. The molecule has 0 spiro atoms. The normalized spacial score (nSPS) is 0. The number of hydrogen-bond acceptors (Lipinski definition) is 0. The molecule has 13 heteroatoms. The summed E-state index contributed by atoms with van der Waals surface area (Å²) in [5, 5.41) is 0. The molecule has 72 valence electrons. The molecule has 0 heterocycles. The van der Waals surface area contributed by atoms with Gasteiger partial charge in [-0.05, 0) is 0 Å². The van der Waals surface area contributed by atoms with Crippen molar-refractivity contribution in [3.63, 3.8) is 0 Å². The zero-order valence-electron chi connectivity index (χ0n) is 5.65. The van der Waals surface area contributed by atoms with Gasteiger partial charge < -0.3 is 49.3 Å². The van der Waals surface area contributed by atoms with Crippen LogP contribution in [0, 0.1) is 0 Å². The molecule has 0 saturated carbocycles. The summed E-state index contributed by atoms with van der Waals surface area (Å²) in [7, 11) is 0. The molecule has 0 aromatic carbocycles. The van der Waals surface area contributed by atoms with Crippen LogP contribution in [0.1, 0.15) is 0 Å². The molecule has 0 aliphatic rings. The molecule has 0 aliphatic carbocycles. The van der Waals surface area contributed by atoms with Gasteiger partial charge in [-0.3, -0.25) is 0 Å². The summed E-state index contributed by atoms with van der Waals surface area (Å²) in [5.74, 6) is 0. The van der Waals surface area contributed by atoms with Crippen molar-refractivity contribution in [1.29, 1.82) is 0 Å². The maximum atomic E-state index is 0. The van der Waals surface area contributed by atoms with E-state index >= 15 is 0 Å². The van der Waals surface area contributed by atoms with Crippen molar-refractivity contribution in [3.05, 3.63) is 0 Å². The minimum Gasteiger partial charge on any atom is -2.00 e. The molecule has 0 bridgehead atoms. The molecule has 0 N–H and O–H groups in total. The molecule has 0 rings (SSSR count). The SMILES string of the molecule is [In+3].[In+3].[Mo+6].[Mo+6].[O-2].[O-2].[O-2].[O-2].[O-2].[O-2].[O-2].[O-2].[O-2]. The first kappa shape index (κ1) is 451. The third kappa shape index (κ3) is 316. The second-order valence-corrected chi connectivity index (χ2v) is 0. The third-order valence-corrected chi connectivity index (χ3v) is 0. The minimum absolute atomic E-state index is 0. The van der Waals surface area contributed by atoms with Crippen LogP contribution in [0.15, 0.2) is 0 Å². The Bertz CT molecular complexity index is 15.6. The van der Waals surface area contributed by atoms with E-state index in [9.17, 15) is 0 Å². The summed E-state index contributed by atoms with van der Waals surface area (Å²) >= 11 is 0. The molecule has 0 aromatic heterocycles. The van der Waals surface area contributed by atoms with Gasteiger partial charge in [-0.2, -0.15) is 0 Å². The van der Waals surface area contributed by atoms with Crippen LogP contribution >= 0.6 is 0 Å². The zero-order chi connectivity index (χ0) is 0. The maximum absolute atomic E-state index is 0. The second kappa shape index (κ2) is 367. The van der Waals surface area contributed by atoms with Crippen LogP contribution in [-0.2, 0) is 91.4 Å². The fourth-order valence-corrected chi connectivity index (χ4v) is 0. The van der Waals surface area contributed by atoms with Crippen LogP contribution in [0.2, 0.25) is 0 Å². The quantitative estimate of drug-likeness (QED) is 0.293. The number of rotatable bonds is 0. The molecule has 0 unspecified atom stereocenters. The summed E-state index contributed by atoms with van der Waals surface area (Å²) in [6.07, 6.45) is 0.